The number of benzene rings is 1. The summed E-state index contributed by atoms with van der Waals surface area (Å²) in [5, 5.41) is 0. The molecule has 0 aliphatic carbocycles. The number of carbonyl (C=O) groups excluding carboxylic acids is 1. The van der Waals surface area contributed by atoms with Gasteiger partial charge in [-0.3, -0.25) is 4.79 Å². The highest BCUT2D eigenvalue weighted by Gasteiger charge is 2.15. The van der Waals surface area contributed by atoms with E-state index in [1.807, 2.05) is 6.92 Å². The van der Waals surface area contributed by atoms with Crippen LogP contribution in [0.1, 0.15) is 19.8 Å². The molecule has 2 N–H and O–H groups in total. The van der Waals surface area contributed by atoms with Crippen molar-refractivity contribution < 1.29 is 13.9 Å². The van der Waals surface area contributed by atoms with Crippen molar-refractivity contribution in [3.05, 3.63) is 30.1 Å². The van der Waals surface area contributed by atoms with Crippen LogP contribution in [0.4, 0.5) is 10.1 Å². The van der Waals surface area contributed by atoms with Crippen molar-refractivity contribution in [1.29, 1.82) is 0 Å². The van der Waals surface area contributed by atoms with Crippen LogP contribution in [-0.4, -0.2) is 32.2 Å². The maximum absolute atomic E-state index is 12.9. The molecule has 19 heavy (non-hydrogen) atoms. The van der Waals surface area contributed by atoms with Gasteiger partial charge in [0, 0.05) is 18.8 Å². The maximum atomic E-state index is 12.9. The van der Waals surface area contributed by atoms with Gasteiger partial charge in [-0.1, -0.05) is 6.92 Å². The van der Waals surface area contributed by atoms with E-state index in [2.05, 4.69) is 0 Å². The molecule has 0 unspecified atom stereocenters. The van der Waals surface area contributed by atoms with Gasteiger partial charge in [-0.25, -0.2) is 4.39 Å². The number of hydrogen-bond donors (Lipinski definition) is 1. The zero-order valence-electron chi connectivity index (χ0n) is 11.3. The fraction of sp³-hybridized carbons (Fsp3) is 0.500. The number of nitrogens with zero attached hydrogens (tertiary/aromatic N) is 1. The summed E-state index contributed by atoms with van der Waals surface area (Å²) in [5.41, 5.74) is 6.14. The molecule has 0 bridgehead atoms. The number of carbonyl (C=O) groups is 1. The van der Waals surface area contributed by atoms with Gasteiger partial charge in [0.05, 0.1) is 0 Å². The van der Waals surface area contributed by atoms with E-state index in [9.17, 15) is 9.18 Å². The zero-order valence-corrected chi connectivity index (χ0v) is 11.3. The SMILES string of the molecule is CCCOCC(=O)N(CCCN)c1ccc(F)cc1. The van der Waals surface area contributed by atoms with Crippen LogP contribution in [0, 0.1) is 5.82 Å². The van der Waals surface area contributed by atoms with Crippen LogP contribution in [0.3, 0.4) is 0 Å². The van der Waals surface area contributed by atoms with E-state index < -0.39 is 0 Å². The van der Waals surface area contributed by atoms with Crippen LogP contribution >= 0.6 is 0 Å². The molecule has 1 aromatic rings. The van der Waals surface area contributed by atoms with E-state index in [1.165, 1.54) is 12.1 Å². The molecule has 5 heteroatoms. The Bertz CT molecular complexity index is 382. The first-order chi connectivity index (χ1) is 9.19. The van der Waals surface area contributed by atoms with Crippen molar-refractivity contribution >= 4 is 11.6 Å². The summed E-state index contributed by atoms with van der Waals surface area (Å²) in [6.07, 6.45) is 1.56. The van der Waals surface area contributed by atoms with Gasteiger partial charge >= 0.3 is 0 Å². The van der Waals surface area contributed by atoms with Crippen LogP contribution in [0.5, 0.6) is 0 Å². The molecule has 0 atom stereocenters. The summed E-state index contributed by atoms with van der Waals surface area (Å²) in [6.45, 7) is 3.59. The first-order valence-electron chi connectivity index (χ1n) is 6.52. The van der Waals surface area contributed by atoms with Crippen LogP contribution in [0.2, 0.25) is 0 Å². The van der Waals surface area contributed by atoms with Crippen molar-refractivity contribution in [2.45, 2.75) is 19.8 Å². The summed E-state index contributed by atoms with van der Waals surface area (Å²) in [5.74, 6) is -0.453. The Labute approximate surface area is 113 Å². The molecule has 0 saturated carbocycles. The molecule has 0 fully saturated rings. The highest BCUT2D eigenvalue weighted by Crippen LogP contribution is 2.15. The van der Waals surface area contributed by atoms with Gasteiger partial charge in [-0.15, -0.1) is 0 Å². The van der Waals surface area contributed by atoms with Crippen molar-refractivity contribution in [2.75, 3.05) is 31.2 Å². The van der Waals surface area contributed by atoms with Crippen molar-refractivity contribution in [1.82, 2.24) is 0 Å². The van der Waals surface area contributed by atoms with Gasteiger partial charge in [-0.05, 0) is 43.7 Å². The normalized spacial score (nSPS) is 10.5. The summed E-state index contributed by atoms with van der Waals surface area (Å²) in [6, 6.07) is 5.85. The van der Waals surface area contributed by atoms with Crippen LogP contribution in [0.15, 0.2) is 24.3 Å². The minimum absolute atomic E-state index is 0.0375. The predicted octanol–water partition coefficient (Wildman–Crippen LogP) is 1.93. The summed E-state index contributed by atoms with van der Waals surface area (Å²) in [4.78, 5) is 13.7. The van der Waals surface area contributed by atoms with Gasteiger partial charge in [0.25, 0.3) is 5.91 Å². The number of nitrogens with two attached hydrogens (primary N) is 1. The first-order valence-corrected chi connectivity index (χ1v) is 6.52. The molecule has 106 valence electrons. The second-order valence-electron chi connectivity index (χ2n) is 4.22. The summed E-state index contributed by atoms with van der Waals surface area (Å²) < 4.78 is 18.2. The third-order valence-corrected chi connectivity index (χ3v) is 2.60. The highest BCUT2D eigenvalue weighted by atomic mass is 19.1. The van der Waals surface area contributed by atoms with Crippen molar-refractivity contribution in [3.63, 3.8) is 0 Å². The molecule has 1 aromatic carbocycles. The minimum Gasteiger partial charge on any atom is -0.372 e. The molecule has 1 rings (SSSR count). The van der Waals surface area contributed by atoms with Crippen LogP contribution < -0.4 is 10.6 Å². The molecular formula is C14H21FN2O2. The fourth-order valence-corrected chi connectivity index (χ4v) is 1.65. The van der Waals surface area contributed by atoms with Crippen LogP contribution in [-0.2, 0) is 9.53 Å². The van der Waals surface area contributed by atoms with Crippen molar-refractivity contribution in [2.24, 2.45) is 5.73 Å². The number of rotatable bonds is 8. The maximum Gasteiger partial charge on any atom is 0.252 e. The van der Waals surface area contributed by atoms with Crippen LogP contribution in [0.25, 0.3) is 0 Å². The largest absolute Gasteiger partial charge is 0.372 e. The lowest BCUT2D eigenvalue weighted by Crippen LogP contribution is -2.35. The lowest BCUT2D eigenvalue weighted by atomic mass is 10.2. The molecular weight excluding hydrogens is 247 g/mol. The molecule has 4 nitrogen and oxygen atoms in total. The predicted molar refractivity (Wildman–Crippen MR) is 73.5 cm³/mol. The second-order valence-corrected chi connectivity index (χ2v) is 4.22. The van der Waals surface area contributed by atoms with Gasteiger partial charge < -0.3 is 15.4 Å². The molecule has 0 aliphatic heterocycles. The topological polar surface area (TPSA) is 55.6 Å². The zero-order chi connectivity index (χ0) is 14.1. The molecule has 1 amide bonds. The van der Waals surface area contributed by atoms with E-state index in [1.54, 1.807) is 17.0 Å². The smallest absolute Gasteiger partial charge is 0.252 e. The fourth-order valence-electron chi connectivity index (χ4n) is 1.65. The Morgan fingerprint density at radius 3 is 2.63 bits per heavy atom. The van der Waals surface area contributed by atoms with E-state index in [0.29, 0.717) is 31.8 Å². The standard InChI is InChI=1S/C14H21FN2O2/c1-2-10-19-11-14(18)17(9-3-8-16)13-6-4-12(15)5-7-13/h4-7H,2-3,8-11,16H2,1H3. The molecule has 0 heterocycles. The molecule has 0 aliphatic rings. The Hall–Kier alpha value is -1.46. The Balaban J connectivity index is 2.70. The Morgan fingerprint density at radius 2 is 2.05 bits per heavy atom. The number of amides is 1. The summed E-state index contributed by atoms with van der Waals surface area (Å²) in [7, 11) is 0. The molecule has 0 aromatic heterocycles. The van der Waals surface area contributed by atoms with Gasteiger partial charge in [0.1, 0.15) is 12.4 Å². The van der Waals surface area contributed by atoms with E-state index in [4.69, 9.17) is 10.5 Å². The average molecular weight is 268 g/mol. The van der Waals surface area contributed by atoms with Gasteiger partial charge in [0.2, 0.25) is 0 Å². The monoisotopic (exact) mass is 268 g/mol. The van der Waals surface area contributed by atoms with E-state index >= 15 is 0 Å². The molecule has 0 spiro atoms. The average Bonchev–Trinajstić information content (AvgIpc) is 2.41. The number of hydrogen-bond acceptors (Lipinski definition) is 3. The summed E-state index contributed by atoms with van der Waals surface area (Å²) >= 11 is 0. The van der Waals surface area contributed by atoms with Crippen molar-refractivity contribution in [3.8, 4) is 0 Å². The second kappa shape index (κ2) is 8.61. The number of halogens is 1. The highest BCUT2D eigenvalue weighted by molar-refractivity contribution is 5.94. The number of ether oxygens (including phenoxy) is 1. The van der Waals surface area contributed by atoms with Gasteiger partial charge in [0.15, 0.2) is 0 Å². The lowest BCUT2D eigenvalue weighted by Gasteiger charge is -2.22. The Kier molecular flexibility index (Phi) is 7.07. The quantitative estimate of drug-likeness (QED) is 0.733. The van der Waals surface area contributed by atoms with Gasteiger partial charge in [-0.2, -0.15) is 0 Å². The first kappa shape index (κ1) is 15.6. The third-order valence-electron chi connectivity index (χ3n) is 2.60. The van der Waals surface area contributed by atoms with E-state index in [-0.39, 0.29) is 18.3 Å². The lowest BCUT2D eigenvalue weighted by molar-refractivity contribution is -0.123. The third kappa shape index (κ3) is 5.36. The number of anilines is 1. The molecule has 0 radical (unpaired) electrons. The molecule has 0 saturated heterocycles. The van der Waals surface area contributed by atoms with E-state index in [0.717, 1.165) is 6.42 Å². The minimum atomic E-state index is -0.322. The Morgan fingerprint density at radius 1 is 1.37 bits per heavy atom.